The molecular weight excluding hydrogens is 258 g/mol. The highest BCUT2D eigenvalue weighted by atomic mass is 16.1. The number of hydrogen-bond acceptors (Lipinski definition) is 1. The van der Waals surface area contributed by atoms with Gasteiger partial charge in [-0.3, -0.25) is 4.79 Å². The van der Waals surface area contributed by atoms with Gasteiger partial charge < -0.3 is 5.32 Å². The summed E-state index contributed by atoms with van der Waals surface area (Å²) in [5.41, 5.74) is 0.770. The maximum Gasteiger partial charge on any atom is 0.251 e. The van der Waals surface area contributed by atoms with Crippen LogP contribution in [0.3, 0.4) is 0 Å². The van der Waals surface area contributed by atoms with E-state index in [0.29, 0.717) is 6.04 Å². The summed E-state index contributed by atoms with van der Waals surface area (Å²) >= 11 is 0. The molecule has 1 rings (SSSR count). The van der Waals surface area contributed by atoms with E-state index in [4.69, 9.17) is 0 Å². The Balaban J connectivity index is 2.44. The highest BCUT2D eigenvalue weighted by molar-refractivity contribution is 5.94. The molecule has 0 bridgehead atoms. The number of nitrogens with one attached hydrogen (secondary N) is 1. The second kappa shape index (κ2) is 11.4. The summed E-state index contributed by atoms with van der Waals surface area (Å²) in [6.07, 6.45) is 11.0. The second-order valence-corrected chi connectivity index (χ2v) is 5.88. The van der Waals surface area contributed by atoms with Gasteiger partial charge >= 0.3 is 0 Å². The van der Waals surface area contributed by atoms with Crippen LogP contribution in [0.1, 0.15) is 82.0 Å². The Hall–Kier alpha value is -1.31. The summed E-state index contributed by atoms with van der Waals surface area (Å²) in [7, 11) is 0. The maximum absolute atomic E-state index is 12.3. The van der Waals surface area contributed by atoms with Crippen molar-refractivity contribution in [3.8, 4) is 0 Å². The van der Waals surface area contributed by atoms with Gasteiger partial charge in [-0.05, 0) is 25.0 Å². The van der Waals surface area contributed by atoms with Crippen molar-refractivity contribution >= 4 is 5.91 Å². The molecule has 0 aliphatic rings. The van der Waals surface area contributed by atoms with Crippen LogP contribution >= 0.6 is 0 Å². The van der Waals surface area contributed by atoms with Gasteiger partial charge in [0.05, 0.1) is 0 Å². The minimum Gasteiger partial charge on any atom is -0.349 e. The Morgan fingerprint density at radius 2 is 1.48 bits per heavy atom. The first-order chi connectivity index (χ1) is 10.3. The highest BCUT2D eigenvalue weighted by Gasteiger charge is 2.13. The number of benzene rings is 1. The molecule has 0 spiro atoms. The predicted octanol–water partition coefficient (Wildman–Crippen LogP) is 5.34. The van der Waals surface area contributed by atoms with Gasteiger partial charge in [-0.25, -0.2) is 0 Å². The van der Waals surface area contributed by atoms with E-state index in [1.165, 1.54) is 44.9 Å². The van der Waals surface area contributed by atoms with Gasteiger partial charge in [-0.2, -0.15) is 0 Å². The Kier molecular flexibility index (Phi) is 9.60. The lowest BCUT2D eigenvalue weighted by Gasteiger charge is -2.19. The number of carbonyl (C=O) groups is 1. The fraction of sp³-hybridized carbons (Fsp3) is 0.632. The molecule has 0 aliphatic heterocycles. The van der Waals surface area contributed by atoms with Crippen LogP contribution in [0.25, 0.3) is 0 Å². The summed E-state index contributed by atoms with van der Waals surface area (Å²) < 4.78 is 0. The van der Waals surface area contributed by atoms with E-state index in [1.807, 2.05) is 30.3 Å². The van der Waals surface area contributed by atoms with E-state index >= 15 is 0 Å². The first-order valence-corrected chi connectivity index (χ1v) is 8.63. The second-order valence-electron chi connectivity index (χ2n) is 5.88. The van der Waals surface area contributed by atoms with Crippen molar-refractivity contribution in [1.82, 2.24) is 5.32 Å². The van der Waals surface area contributed by atoms with Crippen LogP contribution < -0.4 is 5.32 Å². The van der Waals surface area contributed by atoms with Crippen LogP contribution in [-0.2, 0) is 0 Å². The predicted molar refractivity (Wildman–Crippen MR) is 90.6 cm³/mol. The summed E-state index contributed by atoms with van der Waals surface area (Å²) in [6, 6.07) is 9.89. The van der Waals surface area contributed by atoms with Gasteiger partial charge in [0.25, 0.3) is 5.91 Å². The van der Waals surface area contributed by atoms with Crippen molar-refractivity contribution in [2.75, 3.05) is 0 Å². The Morgan fingerprint density at radius 3 is 2.10 bits per heavy atom. The molecule has 1 N–H and O–H groups in total. The van der Waals surface area contributed by atoms with Gasteiger partial charge in [0, 0.05) is 11.6 Å². The largest absolute Gasteiger partial charge is 0.349 e. The van der Waals surface area contributed by atoms with E-state index in [-0.39, 0.29) is 5.91 Å². The zero-order valence-corrected chi connectivity index (χ0v) is 13.7. The Labute approximate surface area is 130 Å². The average molecular weight is 289 g/mol. The SMILES string of the molecule is CCCCCCC(CCCCC)NC(=O)c1ccccc1. The highest BCUT2D eigenvalue weighted by Crippen LogP contribution is 2.13. The zero-order valence-electron chi connectivity index (χ0n) is 13.7. The molecule has 21 heavy (non-hydrogen) atoms. The average Bonchev–Trinajstić information content (AvgIpc) is 2.52. The van der Waals surface area contributed by atoms with Gasteiger partial charge in [0.2, 0.25) is 0 Å². The van der Waals surface area contributed by atoms with Crippen molar-refractivity contribution in [3.05, 3.63) is 35.9 Å². The van der Waals surface area contributed by atoms with Gasteiger partial charge in [0.15, 0.2) is 0 Å². The third-order valence-corrected chi connectivity index (χ3v) is 3.93. The van der Waals surface area contributed by atoms with Crippen LogP contribution in [0.4, 0.5) is 0 Å². The van der Waals surface area contributed by atoms with Crippen molar-refractivity contribution in [2.45, 2.75) is 77.7 Å². The molecule has 1 unspecified atom stereocenters. The van der Waals surface area contributed by atoms with Crippen LogP contribution in [-0.4, -0.2) is 11.9 Å². The minimum absolute atomic E-state index is 0.0765. The summed E-state index contributed by atoms with van der Waals surface area (Å²) in [5, 5.41) is 3.23. The lowest BCUT2D eigenvalue weighted by atomic mass is 10.0. The van der Waals surface area contributed by atoms with Crippen LogP contribution in [0, 0.1) is 0 Å². The van der Waals surface area contributed by atoms with Crippen molar-refractivity contribution in [3.63, 3.8) is 0 Å². The normalized spacial score (nSPS) is 12.1. The molecule has 0 heterocycles. The Morgan fingerprint density at radius 1 is 0.905 bits per heavy atom. The van der Waals surface area contributed by atoms with E-state index in [1.54, 1.807) is 0 Å². The molecule has 1 aromatic rings. The van der Waals surface area contributed by atoms with Crippen molar-refractivity contribution in [1.29, 1.82) is 0 Å². The number of amides is 1. The molecule has 1 atom stereocenters. The molecule has 0 fully saturated rings. The molecule has 2 nitrogen and oxygen atoms in total. The molecular formula is C19H31NO. The number of hydrogen-bond donors (Lipinski definition) is 1. The van der Waals surface area contributed by atoms with Crippen LogP contribution in [0.15, 0.2) is 30.3 Å². The zero-order chi connectivity index (χ0) is 15.3. The molecule has 1 amide bonds. The first-order valence-electron chi connectivity index (χ1n) is 8.63. The van der Waals surface area contributed by atoms with Crippen molar-refractivity contribution in [2.24, 2.45) is 0 Å². The number of unbranched alkanes of at least 4 members (excludes halogenated alkanes) is 5. The standard InChI is InChI=1S/C19H31NO/c1-3-5-7-12-16-18(15-9-6-4-2)20-19(21)17-13-10-8-11-14-17/h8,10-11,13-14,18H,3-7,9,12,15-16H2,1-2H3,(H,20,21). The van der Waals surface area contributed by atoms with Crippen LogP contribution in [0.2, 0.25) is 0 Å². The van der Waals surface area contributed by atoms with E-state index < -0.39 is 0 Å². The quantitative estimate of drug-likeness (QED) is 0.548. The lowest BCUT2D eigenvalue weighted by molar-refractivity contribution is 0.0931. The van der Waals surface area contributed by atoms with Crippen LogP contribution in [0.5, 0.6) is 0 Å². The third kappa shape index (κ3) is 7.89. The summed E-state index contributed by atoms with van der Waals surface area (Å²) in [4.78, 5) is 12.3. The van der Waals surface area contributed by atoms with E-state index in [2.05, 4.69) is 19.2 Å². The molecule has 0 aromatic heterocycles. The summed E-state index contributed by atoms with van der Waals surface area (Å²) in [6.45, 7) is 4.45. The lowest BCUT2D eigenvalue weighted by Crippen LogP contribution is -2.34. The van der Waals surface area contributed by atoms with Gasteiger partial charge in [-0.15, -0.1) is 0 Å². The van der Waals surface area contributed by atoms with Gasteiger partial charge in [-0.1, -0.05) is 77.0 Å². The topological polar surface area (TPSA) is 29.1 Å². The third-order valence-electron chi connectivity index (χ3n) is 3.93. The maximum atomic E-state index is 12.3. The minimum atomic E-state index is 0.0765. The number of rotatable bonds is 11. The van der Waals surface area contributed by atoms with E-state index in [0.717, 1.165) is 18.4 Å². The fourth-order valence-electron chi connectivity index (χ4n) is 2.61. The van der Waals surface area contributed by atoms with Crippen molar-refractivity contribution < 1.29 is 4.79 Å². The molecule has 2 heteroatoms. The van der Waals surface area contributed by atoms with Gasteiger partial charge in [0.1, 0.15) is 0 Å². The molecule has 0 aliphatic carbocycles. The molecule has 0 radical (unpaired) electrons. The smallest absolute Gasteiger partial charge is 0.251 e. The fourth-order valence-corrected chi connectivity index (χ4v) is 2.61. The first kappa shape index (κ1) is 17.7. The number of carbonyl (C=O) groups excluding carboxylic acids is 1. The monoisotopic (exact) mass is 289 g/mol. The Bertz CT molecular complexity index is 374. The molecule has 0 saturated carbocycles. The molecule has 1 aromatic carbocycles. The molecule has 118 valence electrons. The molecule has 0 saturated heterocycles. The summed E-state index contributed by atoms with van der Waals surface area (Å²) in [5.74, 6) is 0.0765. The van der Waals surface area contributed by atoms with E-state index in [9.17, 15) is 4.79 Å².